The summed E-state index contributed by atoms with van der Waals surface area (Å²) < 4.78 is 14.7. The minimum atomic E-state index is -0.660. The van der Waals surface area contributed by atoms with Crippen LogP contribution in [0.15, 0.2) is 285 Å². The highest BCUT2D eigenvalue weighted by Gasteiger charge is 2.53. The van der Waals surface area contributed by atoms with Gasteiger partial charge in [-0.1, -0.05) is 237 Å². The molecule has 1 aliphatic heterocycles. The van der Waals surface area contributed by atoms with E-state index in [9.17, 15) is 0 Å². The second kappa shape index (κ2) is 16.8. The van der Waals surface area contributed by atoms with Crippen molar-refractivity contribution in [3.05, 3.63) is 330 Å². The molecule has 0 bridgehead atoms. The average Bonchev–Trinajstić information content (AvgIpc) is 3.36. The van der Waals surface area contributed by atoms with Crippen molar-refractivity contribution in [1.29, 1.82) is 0 Å². The highest BCUT2D eigenvalue weighted by molar-refractivity contribution is 5.99. The summed E-state index contributed by atoms with van der Waals surface area (Å²) in [5.41, 5.74) is 23.4. The standard InChI is InChI=1S/C74H47NO2/c1-5-20-48(21-6-1)50-36-39-54(40-37-50)75(55-41-43-59-58-42-38-51(49-22-7-2-8-23-49)46-65(58)73(66(59)47-55,52-24-9-3-10-25-52)53-26-11-4-12-27-53)67-34-19-35-68-71(67)77-72-69(76-68)45-44-64-70(72)60-30-15-18-33-63(60)74(64)61-31-16-13-28-56(61)57-29-14-17-32-62(57)74/h1-47H. The first-order valence-corrected chi connectivity index (χ1v) is 26.6. The smallest absolute Gasteiger partial charge is 0.194 e. The van der Waals surface area contributed by atoms with Crippen LogP contribution in [0.5, 0.6) is 23.0 Å². The predicted octanol–water partition coefficient (Wildman–Crippen LogP) is 19.1. The Morgan fingerprint density at radius 3 is 1.36 bits per heavy atom. The molecule has 77 heavy (non-hydrogen) atoms. The van der Waals surface area contributed by atoms with Gasteiger partial charge in [0.25, 0.3) is 0 Å². The van der Waals surface area contributed by atoms with Crippen molar-refractivity contribution in [2.45, 2.75) is 10.8 Å². The van der Waals surface area contributed by atoms with Crippen molar-refractivity contribution in [3.63, 3.8) is 0 Å². The molecule has 0 saturated heterocycles. The lowest BCUT2D eigenvalue weighted by Crippen LogP contribution is -2.28. The Kier molecular flexibility index (Phi) is 9.47. The number of anilines is 3. The SMILES string of the molecule is c1ccc(-c2ccc(N(c3ccc4c(c3)C(c3ccccc3)(c3ccccc3)c3cc(-c5ccccc5)ccc3-4)c3cccc4c3Oc3c(ccc5c3-c3ccccc3C53c5ccccc5-c5ccccc53)O4)cc2)cc1. The van der Waals surface area contributed by atoms with Crippen LogP contribution in [0.4, 0.5) is 17.1 Å². The number of nitrogens with zero attached hydrogens (tertiary/aromatic N) is 1. The fourth-order valence-corrected chi connectivity index (χ4v) is 13.7. The third-order valence-electron chi connectivity index (χ3n) is 16.8. The topological polar surface area (TPSA) is 21.7 Å². The van der Waals surface area contributed by atoms with Crippen LogP contribution in [0, 0.1) is 0 Å². The molecule has 360 valence electrons. The molecular formula is C74H47NO2. The zero-order valence-corrected chi connectivity index (χ0v) is 41.9. The maximum absolute atomic E-state index is 7.62. The van der Waals surface area contributed by atoms with E-state index < -0.39 is 10.8 Å². The van der Waals surface area contributed by atoms with Crippen LogP contribution in [0.25, 0.3) is 55.6 Å². The van der Waals surface area contributed by atoms with Crippen LogP contribution < -0.4 is 14.4 Å². The van der Waals surface area contributed by atoms with Gasteiger partial charge in [0.1, 0.15) is 0 Å². The molecule has 1 spiro atoms. The van der Waals surface area contributed by atoms with Gasteiger partial charge in [-0.15, -0.1) is 0 Å². The molecule has 0 saturated carbocycles. The summed E-state index contributed by atoms with van der Waals surface area (Å²) in [5, 5.41) is 0. The van der Waals surface area contributed by atoms with E-state index in [1.54, 1.807) is 0 Å². The molecule has 3 aliphatic carbocycles. The zero-order valence-electron chi connectivity index (χ0n) is 41.9. The van der Waals surface area contributed by atoms with Gasteiger partial charge in [-0.2, -0.15) is 0 Å². The molecule has 12 aromatic carbocycles. The summed E-state index contributed by atoms with van der Waals surface area (Å²) in [6.45, 7) is 0. The van der Waals surface area contributed by atoms with Crippen LogP contribution >= 0.6 is 0 Å². The zero-order chi connectivity index (χ0) is 50.7. The Hall–Kier alpha value is -9.96. The maximum atomic E-state index is 7.62. The van der Waals surface area contributed by atoms with Gasteiger partial charge in [-0.25, -0.2) is 0 Å². The second-order valence-corrected chi connectivity index (χ2v) is 20.6. The van der Waals surface area contributed by atoms with E-state index in [2.05, 4.69) is 284 Å². The van der Waals surface area contributed by atoms with Gasteiger partial charge in [0.15, 0.2) is 23.0 Å². The minimum Gasteiger partial charge on any atom is -0.449 e. The quantitative estimate of drug-likeness (QED) is 0.159. The molecule has 16 rings (SSSR count). The van der Waals surface area contributed by atoms with Crippen LogP contribution in [-0.2, 0) is 10.8 Å². The third-order valence-corrected chi connectivity index (χ3v) is 16.8. The Labute approximate surface area is 448 Å². The molecule has 0 radical (unpaired) electrons. The summed E-state index contributed by atoms with van der Waals surface area (Å²) >= 11 is 0. The first-order valence-electron chi connectivity index (χ1n) is 26.6. The lowest BCUT2D eigenvalue weighted by atomic mass is 9.67. The molecule has 1 heterocycles. The van der Waals surface area contributed by atoms with E-state index in [-0.39, 0.29) is 0 Å². The lowest BCUT2D eigenvalue weighted by Gasteiger charge is -2.35. The molecule has 0 unspecified atom stereocenters. The normalized spacial score (nSPS) is 13.9. The van der Waals surface area contributed by atoms with E-state index in [1.807, 2.05) is 6.07 Å². The highest BCUT2D eigenvalue weighted by atomic mass is 16.6. The van der Waals surface area contributed by atoms with E-state index >= 15 is 0 Å². The van der Waals surface area contributed by atoms with Crippen molar-refractivity contribution >= 4 is 17.1 Å². The Morgan fingerprint density at radius 2 is 0.727 bits per heavy atom. The molecule has 3 heteroatoms. The number of hydrogen-bond donors (Lipinski definition) is 0. The van der Waals surface area contributed by atoms with Crippen molar-refractivity contribution < 1.29 is 9.47 Å². The molecule has 0 N–H and O–H groups in total. The summed E-state index contributed by atoms with van der Waals surface area (Å²) in [4.78, 5) is 2.36. The molecule has 0 aromatic heterocycles. The van der Waals surface area contributed by atoms with Gasteiger partial charge in [0.05, 0.1) is 16.5 Å². The van der Waals surface area contributed by atoms with Crippen molar-refractivity contribution in [2.75, 3.05) is 4.90 Å². The Bertz CT molecular complexity index is 4230. The van der Waals surface area contributed by atoms with E-state index in [4.69, 9.17) is 9.47 Å². The summed E-state index contributed by atoms with van der Waals surface area (Å²) in [5.74, 6) is 2.72. The van der Waals surface area contributed by atoms with Crippen LogP contribution in [-0.4, -0.2) is 0 Å². The summed E-state index contributed by atoms with van der Waals surface area (Å²) in [7, 11) is 0. The predicted molar refractivity (Wildman–Crippen MR) is 312 cm³/mol. The summed E-state index contributed by atoms with van der Waals surface area (Å²) in [6, 6.07) is 104. The Balaban J connectivity index is 0.917. The lowest BCUT2D eigenvalue weighted by molar-refractivity contribution is 0.361. The minimum absolute atomic E-state index is 0.530. The van der Waals surface area contributed by atoms with Crippen LogP contribution in [0.1, 0.15) is 44.5 Å². The number of ether oxygens (including phenoxy) is 2. The van der Waals surface area contributed by atoms with Crippen LogP contribution in [0.2, 0.25) is 0 Å². The van der Waals surface area contributed by atoms with E-state index in [0.29, 0.717) is 17.2 Å². The number of para-hydroxylation sites is 1. The average molecular weight is 982 g/mol. The number of fused-ring (bicyclic) bond motifs is 16. The molecule has 0 amide bonds. The number of hydrogen-bond acceptors (Lipinski definition) is 3. The monoisotopic (exact) mass is 981 g/mol. The van der Waals surface area contributed by atoms with Gasteiger partial charge >= 0.3 is 0 Å². The third kappa shape index (κ3) is 6.14. The first kappa shape index (κ1) is 43.4. The van der Waals surface area contributed by atoms with Gasteiger partial charge in [0.2, 0.25) is 0 Å². The highest BCUT2D eigenvalue weighted by Crippen LogP contribution is 2.67. The van der Waals surface area contributed by atoms with Crippen molar-refractivity contribution in [3.8, 4) is 78.6 Å². The maximum Gasteiger partial charge on any atom is 0.194 e. The van der Waals surface area contributed by atoms with Gasteiger partial charge < -0.3 is 14.4 Å². The second-order valence-electron chi connectivity index (χ2n) is 20.6. The molecule has 0 atom stereocenters. The van der Waals surface area contributed by atoms with E-state index in [1.165, 1.54) is 77.9 Å². The molecular weight excluding hydrogens is 935 g/mol. The number of rotatable bonds is 7. The van der Waals surface area contributed by atoms with Gasteiger partial charge in [-0.3, -0.25) is 0 Å². The van der Waals surface area contributed by atoms with Crippen molar-refractivity contribution in [1.82, 2.24) is 0 Å². The molecule has 3 nitrogen and oxygen atoms in total. The van der Waals surface area contributed by atoms with Crippen LogP contribution in [0.3, 0.4) is 0 Å². The fourth-order valence-electron chi connectivity index (χ4n) is 13.7. The molecule has 0 fully saturated rings. The van der Waals surface area contributed by atoms with Gasteiger partial charge in [-0.05, 0) is 143 Å². The van der Waals surface area contributed by atoms with E-state index in [0.717, 1.165) is 45.1 Å². The molecule has 12 aromatic rings. The summed E-state index contributed by atoms with van der Waals surface area (Å²) in [6.07, 6.45) is 0. The van der Waals surface area contributed by atoms with Gasteiger partial charge in [0, 0.05) is 16.9 Å². The largest absolute Gasteiger partial charge is 0.449 e. The fraction of sp³-hybridized carbons (Fsp3) is 0.0270. The first-order chi connectivity index (χ1) is 38.2. The van der Waals surface area contributed by atoms with Crippen molar-refractivity contribution in [2.24, 2.45) is 0 Å². The Morgan fingerprint density at radius 1 is 0.260 bits per heavy atom. The molecule has 4 aliphatic rings. The number of benzene rings is 12.